The van der Waals surface area contributed by atoms with Crippen molar-refractivity contribution in [2.75, 3.05) is 0 Å². The molecule has 0 saturated heterocycles. The van der Waals surface area contributed by atoms with Gasteiger partial charge in [-0.05, 0) is 31.2 Å². The first-order chi connectivity index (χ1) is 9.59. The summed E-state index contributed by atoms with van der Waals surface area (Å²) in [6, 6.07) is 8.52. The topological polar surface area (TPSA) is 47.8 Å². The van der Waals surface area contributed by atoms with Crippen molar-refractivity contribution in [1.29, 1.82) is 0 Å². The Morgan fingerprint density at radius 3 is 2.75 bits per heavy atom. The summed E-state index contributed by atoms with van der Waals surface area (Å²) in [5.41, 5.74) is 0.717. The molecule has 0 N–H and O–H groups in total. The monoisotopic (exact) mass is 305 g/mol. The van der Waals surface area contributed by atoms with Gasteiger partial charge in [-0.1, -0.05) is 29.3 Å². The third-order valence-electron chi connectivity index (χ3n) is 2.98. The molecule has 0 bridgehead atoms. The van der Waals surface area contributed by atoms with Crippen LogP contribution in [0.4, 0.5) is 0 Å². The average molecular weight is 306 g/mol. The minimum atomic E-state index is -0.218. The van der Waals surface area contributed by atoms with Crippen LogP contribution in [0.1, 0.15) is 5.82 Å². The van der Waals surface area contributed by atoms with Crippen molar-refractivity contribution in [3.8, 4) is 5.69 Å². The molecule has 0 aliphatic carbocycles. The van der Waals surface area contributed by atoms with Crippen molar-refractivity contribution < 1.29 is 0 Å². The molecule has 3 rings (SSSR count). The highest BCUT2D eigenvalue weighted by molar-refractivity contribution is 6.43. The zero-order valence-electron chi connectivity index (χ0n) is 10.5. The lowest BCUT2D eigenvalue weighted by atomic mass is 10.2. The van der Waals surface area contributed by atoms with Crippen LogP contribution in [0.15, 0.2) is 41.3 Å². The predicted octanol–water partition coefficient (Wildman–Crippen LogP) is 3.40. The lowest BCUT2D eigenvalue weighted by Crippen LogP contribution is -2.22. The van der Waals surface area contributed by atoms with Crippen molar-refractivity contribution in [2.24, 2.45) is 0 Å². The van der Waals surface area contributed by atoms with Gasteiger partial charge in [0.2, 0.25) is 0 Å². The van der Waals surface area contributed by atoms with Gasteiger partial charge in [0.05, 0.1) is 21.1 Å². The number of halogens is 2. The summed E-state index contributed by atoms with van der Waals surface area (Å²) in [5, 5.41) is 1.15. The maximum atomic E-state index is 12.6. The van der Waals surface area contributed by atoms with Crippen molar-refractivity contribution in [1.82, 2.24) is 14.5 Å². The molecular weight excluding hydrogens is 297 g/mol. The second-order valence-corrected chi connectivity index (χ2v) is 5.03. The zero-order chi connectivity index (χ0) is 14.3. The number of hydrogen-bond donors (Lipinski definition) is 0. The molecule has 0 unspecified atom stereocenters. The van der Waals surface area contributed by atoms with Crippen LogP contribution in [0.2, 0.25) is 10.0 Å². The van der Waals surface area contributed by atoms with Gasteiger partial charge in [-0.25, -0.2) is 9.97 Å². The smallest absolute Gasteiger partial charge is 0.267 e. The van der Waals surface area contributed by atoms with Gasteiger partial charge >= 0.3 is 0 Å². The molecule has 2 aromatic heterocycles. The summed E-state index contributed by atoms with van der Waals surface area (Å²) in [4.78, 5) is 21.0. The Balaban J connectivity index is 2.43. The fourth-order valence-electron chi connectivity index (χ4n) is 2.07. The zero-order valence-corrected chi connectivity index (χ0v) is 12.0. The van der Waals surface area contributed by atoms with E-state index in [1.54, 1.807) is 43.5 Å². The highest BCUT2D eigenvalue weighted by Gasteiger charge is 2.14. The standard InChI is InChI=1S/C14H9Cl2N3O/c1-8-18-13-9(4-3-7-17-13)14(20)19(8)11-6-2-5-10(15)12(11)16/h2-7H,1H3. The van der Waals surface area contributed by atoms with E-state index in [9.17, 15) is 4.79 Å². The Labute approximate surface area is 124 Å². The van der Waals surface area contributed by atoms with Crippen molar-refractivity contribution in [3.63, 3.8) is 0 Å². The number of fused-ring (bicyclic) bond motifs is 1. The fraction of sp³-hybridized carbons (Fsp3) is 0.0714. The second kappa shape index (κ2) is 4.89. The van der Waals surface area contributed by atoms with E-state index >= 15 is 0 Å². The van der Waals surface area contributed by atoms with Gasteiger partial charge in [0.15, 0.2) is 5.65 Å². The summed E-state index contributed by atoms with van der Waals surface area (Å²) >= 11 is 12.2. The van der Waals surface area contributed by atoms with Gasteiger partial charge in [-0.2, -0.15) is 0 Å². The van der Waals surface area contributed by atoms with E-state index < -0.39 is 0 Å². The molecule has 0 saturated carbocycles. The van der Waals surface area contributed by atoms with E-state index in [4.69, 9.17) is 23.2 Å². The molecule has 1 aromatic carbocycles. The molecule has 0 aliphatic rings. The average Bonchev–Trinajstić information content (AvgIpc) is 2.43. The van der Waals surface area contributed by atoms with Crippen LogP contribution in [0.25, 0.3) is 16.7 Å². The molecule has 100 valence electrons. The van der Waals surface area contributed by atoms with Crippen LogP contribution in [0.3, 0.4) is 0 Å². The van der Waals surface area contributed by atoms with Crippen LogP contribution >= 0.6 is 23.2 Å². The normalized spacial score (nSPS) is 10.9. The molecule has 0 radical (unpaired) electrons. The van der Waals surface area contributed by atoms with Crippen LogP contribution in [0.5, 0.6) is 0 Å². The molecule has 3 aromatic rings. The molecule has 0 amide bonds. The van der Waals surface area contributed by atoms with Gasteiger partial charge in [0.25, 0.3) is 5.56 Å². The van der Waals surface area contributed by atoms with Crippen molar-refractivity contribution in [2.45, 2.75) is 6.92 Å². The van der Waals surface area contributed by atoms with Gasteiger partial charge in [0, 0.05) is 6.20 Å². The summed E-state index contributed by atoms with van der Waals surface area (Å²) < 4.78 is 1.44. The highest BCUT2D eigenvalue weighted by Crippen LogP contribution is 2.28. The minimum Gasteiger partial charge on any atom is -0.268 e. The molecule has 20 heavy (non-hydrogen) atoms. The van der Waals surface area contributed by atoms with Crippen molar-refractivity contribution >= 4 is 34.2 Å². The molecule has 2 heterocycles. The molecular formula is C14H9Cl2N3O. The first kappa shape index (κ1) is 13.1. The Kier molecular flexibility index (Phi) is 3.20. The Morgan fingerprint density at radius 2 is 1.95 bits per heavy atom. The minimum absolute atomic E-state index is 0.218. The number of benzene rings is 1. The largest absolute Gasteiger partial charge is 0.268 e. The first-order valence-electron chi connectivity index (χ1n) is 5.88. The maximum Gasteiger partial charge on any atom is 0.267 e. The lowest BCUT2D eigenvalue weighted by Gasteiger charge is -2.12. The maximum absolute atomic E-state index is 12.6. The predicted molar refractivity (Wildman–Crippen MR) is 79.9 cm³/mol. The van der Waals surface area contributed by atoms with Gasteiger partial charge in [-0.3, -0.25) is 9.36 Å². The molecule has 0 atom stereocenters. The molecule has 6 heteroatoms. The first-order valence-corrected chi connectivity index (χ1v) is 6.64. The van der Waals surface area contributed by atoms with Crippen LogP contribution in [-0.4, -0.2) is 14.5 Å². The summed E-state index contributed by atoms with van der Waals surface area (Å²) in [6.07, 6.45) is 1.60. The fourth-order valence-corrected chi connectivity index (χ4v) is 2.45. The van der Waals surface area contributed by atoms with E-state index in [0.717, 1.165) is 0 Å². The molecule has 0 spiro atoms. The Hall–Kier alpha value is -1.91. The number of aromatic nitrogens is 3. The Bertz CT molecular complexity index is 874. The lowest BCUT2D eigenvalue weighted by molar-refractivity contribution is 0.889. The quantitative estimate of drug-likeness (QED) is 0.692. The summed E-state index contributed by atoms with van der Waals surface area (Å²) in [5.74, 6) is 0.505. The highest BCUT2D eigenvalue weighted by atomic mass is 35.5. The van der Waals surface area contributed by atoms with Gasteiger partial charge < -0.3 is 0 Å². The van der Waals surface area contributed by atoms with Crippen LogP contribution < -0.4 is 5.56 Å². The van der Waals surface area contributed by atoms with E-state index in [0.29, 0.717) is 32.6 Å². The summed E-state index contributed by atoms with van der Waals surface area (Å²) in [6.45, 7) is 1.73. The van der Waals surface area contributed by atoms with E-state index in [1.165, 1.54) is 4.57 Å². The van der Waals surface area contributed by atoms with Crippen LogP contribution in [-0.2, 0) is 0 Å². The third kappa shape index (κ3) is 1.97. The summed E-state index contributed by atoms with van der Waals surface area (Å²) in [7, 11) is 0. The third-order valence-corrected chi connectivity index (χ3v) is 3.79. The van der Waals surface area contributed by atoms with E-state index in [2.05, 4.69) is 9.97 Å². The van der Waals surface area contributed by atoms with Gasteiger partial charge in [0.1, 0.15) is 5.82 Å². The van der Waals surface area contributed by atoms with Crippen LogP contribution in [0, 0.1) is 6.92 Å². The van der Waals surface area contributed by atoms with E-state index in [1.807, 2.05) is 0 Å². The molecule has 0 fully saturated rings. The second-order valence-electron chi connectivity index (χ2n) is 4.25. The number of nitrogens with zero attached hydrogens (tertiary/aromatic N) is 3. The number of pyridine rings is 1. The molecule has 4 nitrogen and oxygen atoms in total. The SMILES string of the molecule is Cc1nc2ncccc2c(=O)n1-c1cccc(Cl)c1Cl. The number of aryl methyl sites for hydroxylation is 1. The Morgan fingerprint density at radius 1 is 1.15 bits per heavy atom. The van der Waals surface area contributed by atoms with Crippen molar-refractivity contribution in [3.05, 3.63) is 62.8 Å². The number of hydrogen-bond acceptors (Lipinski definition) is 3. The van der Waals surface area contributed by atoms with E-state index in [-0.39, 0.29) is 5.56 Å². The molecule has 0 aliphatic heterocycles. The number of rotatable bonds is 1. The van der Waals surface area contributed by atoms with Gasteiger partial charge in [-0.15, -0.1) is 0 Å².